The van der Waals surface area contributed by atoms with E-state index in [2.05, 4.69) is 13.8 Å². The van der Waals surface area contributed by atoms with Crippen LogP contribution >= 0.6 is 23.2 Å². The van der Waals surface area contributed by atoms with Crippen LogP contribution in [-0.4, -0.2) is 19.6 Å². The number of rotatable bonds is 4. The molecule has 1 amide bonds. The lowest BCUT2D eigenvalue weighted by atomic mass is 10.0. The van der Waals surface area contributed by atoms with Gasteiger partial charge in [-0.05, 0) is 30.2 Å². The van der Waals surface area contributed by atoms with E-state index in [4.69, 9.17) is 27.9 Å². The van der Waals surface area contributed by atoms with E-state index >= 15 is 0 Å². The van der Waals surface area contributed by atoms with Crippen molar-refractivity contribution in [3.63, 3.8) is 0 Å². The Kier molecular flexibility index (Phi) is 5.07. The Bertz CT molecular complexity index is 859. The number of anilines is 1. The summed E-state index contributed by atoms with van der Waals surface area (Å²) in [4.78, 5) is 14.8. The van der Waals surface area contributed by atoms with E-state index in [9.17, 15) is 4.79 Å². The van der Waals surface area contributed by atoms with Gasteiger partial charge in [0.2, 0.25) is 0 Å². The minimum atomic E-state index is -0.0203. The fourth-order valence-electron chi connectivity index (χ4n) is 3.05. The Balaban J connectivity index is 2.15. The molecule has 0 unspecified atom stereocenters. The van der Waals surface area contributed by atoms with Crippen LogP contribution in [-0.2, 0) is 4.79 Å². The van der Waals surface area contributed by atoms with Crippen LogP contribution in [0.1, 0.15) is 25.0 Å². The molecule has 2 aromatic rings. The lowest BCUT2D eigenvalue weighted by molar-refractivity contribution is -0.113. The number of nitrogens with zero attached hydrogens (tertiary/aromatic N) is 1. The van der Waals surface area contributed by atoms with Crippen molar-refractivity contribution < 1.29 is 9.53 Å². The van der Waals surface area contributed by atoms with Gasteiger partial charge in [0, 0.05) is 28.3 Å². The first-order valence-corrected chi connectivity index (χ1v) is 8.84. The maximum atomic E-state index is 13.0. The number of hydrogen-bond acceptors (Lipinski definition) is 2. The molecule has 25 heavy (non-hydrogen) atoms. The summed E-state index contributed by atoms with van der Waals surface area (Å²) in [5, 5.41) is 0.912. The number of hydrogen-bond donors (Lipinski definition) is 0. The Labute approximate surface area is 157 Å². The number of fused-ring (bicyclic) bond motifs is 1. The van der Waals surface area contributed by atoms with Crippen LogP contribution in [0.4, 0.5) is 5.69 Å². The first-order chi connectivity index (χ1) is 11.9. The molecule has 0 aliphatic carbocycles. The molecular weight excluding hydrogens is 357 g/mol. The molecule has 0 radical (unpaired) electrons. The van der Waals surface area contributed by atoms with E-state index in [1.54, 1.807) is 25.3 Å². The molecule has 3 nitrogen and oxygen atoms in total. The fourth-order valence-corrected chi connectivity index (χ4v) is 3.64. The lowest BCUT2D eigenvalue weighted by Crippen LogP contribution is -2.30. The molecule has 0 bridgehead atoms. The highest BCUT2D eigenvalue weighted by Gasteiger charge is 2.32. The maximum absolute atomic E-state index is 13.0. The van der Waals surface area contributed by atoms with Crippen LogP contribution in [0.3, 0.4) is 0 Å². The summed E-state index contributed by atoms with van der Waals surface area (Å²) in [6.45, 7) is 4.86. The first kappa shape index (κ1) is 17.8. The zero-order chi connectivity index (χ0) is 18.1. The quantitative estimate of drug-likeness (QED) is 0.656. The summed E-state index contributed by atoms with van der Waals surface area (Å²) in [5.41, 5.74) is 3.14. The smallest absolute Gasteiger partial charge is 0.259 e. The van der Waals surface area contributed by atoms with Gasteiger partial charge in [0.05, 0.1) is 17.8 Å². The summed E-state index contributed by atoms with van der Waals surface area (Å²) in [6, 6.07) is 11.2. The molecule has 130 valence electrons. The van der Waals surface area contributed by atoms with E-state index < -0.39 is 0 Å². The highest BCUT2D eigenvalue weighted by atomic mass is 35.5. The normalized spacial score (nSPS) is 15.2. The van der Waals surface area contributed by atoms with Crippen LogP contribution in [0.15, 0.2) is 36.4 Å². The Hall–Kier alpha value is -1.97. The number of halogens is 2. The van der Waals surface area contributed by atoms with Gasteiger partial charge in [-0.3, -0.25) is 4.79 Å². The Morgan fingerprint density at radius 2 is 1.92 bits per heavy atom. The van der Waals surface area contributed by atoms with E-state index in [0.29, 0.717) is 39.4 Å². The van der Waals surface area contributed by atoms with Crippen LogP contribution < -0.4 is 9.64 Å². The Morgan fingerprint density at radius 1 is 1.20 bits per heavy atom. The van der Waals surface area contributed by atoms with Gasteiger partial charge < -0.3 is 9.64 Å². The van der Waals surface area contributed by atoms with Crippen molar-refractivity contribution in [2.75, 3.05) is 18.6 Å². The summed E-state index contributed by atoms with van der Waals surface area (Å²) in [7, 11) is 1.55. The average Bonchev–Trinajstić information content (AvgIpc) is 2.80. The van der Waals surface area contributed by atoms with Gasteiger partial charge in [-0.15, -0.1) is 0 Å². The SMILES string of the molecule is COc1c(Cl)cc(Cl)cc1/C=C1\C(=O)N(CC(C)C)c2ccccc21. The lowest BCUT2D eigenvalue weighted by Gasteiger charge is -2.19. The molecule has 0 saturated carbocycles. The van der Waals surface area contributed by atoms with Crippen molar-refractivity contribution in [2.45, 2.75) is 13.8 Å². The predicted molar refractivity (Wildman–Crippen MR) is 105 cm³/mol. The van der Waals surface area contributed by atoms with Gasteiger partial charge in [0.25, 0.3) is 5.91 Å². The number of benzene rings is 2. The minimum Gasteiger partial charge on any atom is -0.495 e. The van der Waals surface area contributed by atoms with Gasteiger partial charge in [-0.2, -0.15) is 0 Å². The van der Waals surface area contributed by atoms with Gasteiger partial charge in [0.1, 0.15) is 5.75 Å². The summed E-state index contributed by atoms with van der Waals surface area (Å²) >= 11 is 12.4. The molecule has 1 heterocycles. The topological polar surface area (TPSA) is 29.5 Å². The first-order valence-electron chi connectivity index (χ1n) is 8.08. The molecule has 0 N–H and O–H groups in total. The van der Waals surface area contributed by atoms with Crippen LogP contribution in [0, 0.1) is 5.92 Å². The van der Waals surface area contributed by atoms with Crippen LogP contribution in [0.25, 0.3) is 11.6 Å². The molecule has 3 rings (SSSR count). The molecule has 0 atom stereocenters. The van der Waals surface area contributed by atoms with Crippen LogP contribution in [0.5, 0.6) is 5.75 Å². The highest BCUT2D eigenvalue weighted by molar-refractivity contribution is 6.38. The number of carbonyl (C=O) groups excluding carboxylic acids is 1. The average molecular weight is 376 g/mol. The van der Waals surface area contributed by atoms with Gasteiger partial charge in [-0.25, -0.2) is 0 Å². The molecule has 0 aromatic heterocycles. The third kappa shape index (κ3) is 3.39. The second-order valence-corrected chi connectivity index (χ2v) is 7.24. The summed E-state index contributed by atoms with van der Waals surface area (Å²) in [6.07, 6.45) is 1.80. The van der Waals surface area contributed by atoms with Crippen molar-refractivity contribution >= 4 is 46.4 Å². The molecule has 5 heteroatoms. The summed E-state index contributed by atoms with van der Waals surface area (Å²) in [5.74, 6) is 0.853. The van der Waals surface area contributed by atoms with Crippen molar-refractivity contribution in [1.29, 1.82) is 0 Å². The second-order valence-electron chi connectivity index (χ2n) is 6.39. The molecule has 1 aliphatic rings. The molecular formula is C20H19Cl2NO2. The van der Waals surface area contributed by atoms with E-state index in [1.165, 1.54) is 0 Å². The Morgan fingerprint density at radius 3 is 2.60 bits per heavy atom. The zero-order valence-corrected chi connectivity index (χ0v) is 15.9. The highest BCUT2D eigenvalue weighted by Crippen LogP contribution is 2.40. The van der Waals surface area contributed by atoms with Gasteiger partial charge in [0.15, 0.2) is 0 Å². The fraction of sp³-hybridized carbons (Fsp3) is 0.250. The number of methoxy groups -OCH3 is 1. The second kappa shape index (κ2) is 7.11. The van der Waals surface area contributed by atoms with E-state index in [-0.39, 0.29) is 5.91 Å². The van der Waals surface area contributed by atoms with Crippen molar-refractivity contribution in [3.8, 4) is 5.75 Å². The molecule has 0 fully saturated rings. The van der Waals surface area contributed by atoms with Gasteiger partial charge >= 0.3 is 0 Å². The number of ether oxygens (including phenoxy) is 1. The van der Waals surface area contributed by atoms with E-state index in [0.717, 1.165) is 11.3 Å². The molecule has 0 saturated heterocycles. The number of para-hydroxylation sites is 1. The van der Waals surface area contributed by atoms with E-state index in [1.807, 2.05) is 29.2 Å². The summed E-state index contributed by atoms with van der Waals surface area (Å²) < 4.78 is 5.40. The van der Waals surface area contributed by atoms with Gasteiger partial charge in [-0.1, -0.05) is 55.2 Å². The maximum Gasteiger partial charge on any atom is 0.259 e. The monoisotopic (exact) mass is 375 g/mol. The third-order valence-corrected chi connectivity index (χ3v) is 4.55. The number of amides is 1. The van der Waals surface area contributed by atoms with Crippen LogP contribution in [0.2, 0.25) is 10.0 Å². The standard InChI is InChI=1S/C20H19Cl2NO2/c1-12(2)11-23-18-7-5-4-6-15(18)16(20(23)24)9-13-8-14(21)10-17(22)19(13)25-3/h4-10,12H,11H2,1-3H3/b16-9-. The van der Waals surface area contributed by atoms with Crippen molar-refractivity contribution in [1.82, 2.24) is 0 Å². The largest absolute Gasteiger partial charge is 0.495 e. The zero-order valence-electron chi connectivity index (χ0n) is 14.3. The third-order valence-electron chi connectivity index (χ3n) is 4.05. The minimum absolute atomic E-state index is 0.0203. The molecule has 2 aromatic carbocycles. The molecule has 1 aliphatic heterocycles. The van der Waals surface area contributed by atoms with Crippen molar-refractivity contribution in [3.05, 3.63) is 57.6 Å². The molecule has 0 spiro atoms. The predicted octanol–water partition coefficient (Wildman–Crippen LogP) is 5.55. The number of carbonyl (C=O) groups is 1. The van der Waals surface area contributed by atoms with Crippen molar-refractivity contribution in [2.24, 2.45) is 5.92 Å².